The third-order valence-corrected chi connectivity index (χ3v) is 3.79. The van der Waals surface area contributed by atoms with E-state index < -0.39 is 23.2 Å². The van der Waals surface area contributed by atoms with Gasteiger partial charge in [0.25, 0.3) is 0 Å². The number of ether oxygens (including phenoxy) is 1. The number of unbranched alkanes of at least 4 members (excludes halogenated alkanes) is 8. The van der Waals surface area contributed by atoms with E-state index >= 15 is 0 Å². The standard InChI is InChI=1S/C18H28O5/c1-2-3-4-5-6-7-8-9-10-11-23-18(22)14-12-15(19)17(21)16(20)13-14/h12-13,19-21H,2-11H2,1H3. The molecule has 0 amide bonds. The highest BCUT2D eigenvalue weighted by atomic mass is 16.5. The van der Waals surface area contributed by atoms with Crippen LogP contribution in [0, 0.1) is 0 Å². The molecule has 1 aromatic rings. The van der Waals surface area contributed by atoms with Crippen LogP contribution in [-0.2, 0) is 4.74 Å². The van der Waals surface area contributed by atoms with Crippen molar-refractivity contribution in [2.75, 3.05) is 6.61 Å². The van der Waals surface area contributed by atoms with Crippen molar-refractivity contribution in [1.29, 1.82) is 0 Å². The molecular weight excluding hydrogens is 296 g/mol. The van der Waals surface area contributed by atoms with Gasteiger partial charge in [0.05, 0.1) is 12.2 Å². The second-order valence-electron chi connectivity index (χ2n) is 5.83. The number of carbonyl (C=O) groups is 1. The van der Waals surface area contributed by atoms with E-state index in [2.05, 4.69) is 6.92 Å². The molecule has 0 aliphatic heterocycles. The molecule has 0 fully saturated rings. The topological polar surface area (TPSA) is 87.0 Å². The molecule has 23 heavy (non-hydrogen) atoms. The van der Waals surface area contributed by atoms with Crippen LogP contribution in [0.25, 0.3) is 0 Å². The number of phenols is 3. The fourth-order valence-corrected chi connectivity index (χ4v) is 2.38. The number of carbonyl (C=O) groups excluding carboxylic acids is 1. The molecule has 0 atom stereocenters. The lowest BCUT2D eigenvalue weighted by molar-refractivity contribution is 0.0496. The lowest BCUT2D eigenvalue weighted by Crippen LogP contribution is -2.06. The molecular formula is C18H28O5. The molecule has 0 aliphatic rings. The molecule has 1 aromatic carbocycles. The summed E-state index contributed by atoms with van der Waals surface area (Å²) in [6, 6.07) is 2.15. The summed E-state index contributed by atoms with van der Waals surface area (Å²) in [5.74, 6) is -2.34. The summed E-state index contributed by atoms with van der Waals surface area (Å²) >= 11 is 0. The summed E-state index contributed by atoms with van der Waals surface area (Å²) in [6.07, 6.45) is 10.7. The van der Waals surface area contributed by atoms with E-state index in [0.29, 0.717) is 6.61 Å². The summed E-state index contributed by atoms with van der Waals surface area (Å²) in [4.78, 5) is 11.8. The van der Waals surface area contributed by atoms with Gasteiger partial charge in [-0.05, 0) is 18.6 Å². The van der Waals surface area contributed by atoms with Crippen LogP contribution in [-0.4, -0.2) is 27.9 Å². The maximum absolute atomic E-state index is 11.8. The Morgan fingerprint density at radius 1 is 0.870 bits per heavy atom. The van der Waals surface area contributed by atoms with Gasteiger partial charge < -0.3 is 20.1 Å². The van der Waals surface area contributed by atoms with Gasteiger partial charge in [0.2, 0.25) is 0 Å². The first-order chi connectivity index (χ1) is 11.1. The van der Waals surface area contributed by atoms with Gasteiger partial charge >= 0.3 is 5.97 Å². The molecule has 5 nitrogen and oxygen atoms in total. The predicted octanol–water partition coefficient (Wildman–Crippen LogP) is 4.49. The number of aromatic hydroxyl groups is 3. The fraction of sp³-hybridized carbons (Fsp3) is 0.611. The molecule has 0 aliphatic carbocycles. The molecule has 0 spiro atoms. The molecule has 3 N–H and O–H groups in total. The van der Waals surface area contributed by atoms with E-state index in [-0.39, 0.29) is 5.56 Å². The van der Waals surface area contributed by atoms with E-state index in [1.165, 1.54) is 38.5 Å². The monoisotopic (exact) mass is 324 g/mol. The lowest BCUT2D eigenvalue weighted by atomic mass is 10.1. The zero-order valence-electron chi connectivity index (χ0n) is 13.9. The van der Waals surface area contributed by atoms with E-state index in [1.807, 2.05) is 0 Å². The van der Waals surface area contributed by atoms with Gasteiger partial charge in [0.1, 0.15) is 0 Å². The Hall–Kier alpha value is -1.91. The fourth-order valence-electron chi connectivity index (χ4n) is 2.38. The first-order valence-electron chi connectivity index (χ1n) is 8.48. The first kappa shape index (κ1) is 19.1. The number of phenolic OH excluding ortho intramolecular Hbond substituents is 3. The summed E-state index contributed by atoms with van der Waals surface area (Å²) in [7, 11) is 0. The highest BCUT2D eigenvalue weighted by Crippen LogP contribution is 2.35. The van der Waals surface area contributed by atoms with Crippen LogP contribution in [0.1, 0.15) is 75.1 Å². The van der Waals surface area contributed by atoms with Crippen molar-refractivity contribution >= 4 is 5.97 Å². The number of benzene rings is 1. The molecule has 1 rings (SSSR count). The van der Waals surface area contributed by atoms with Crippen molar-refractivity contribution in [2.24, 2.45) is 0 Å². The van der Waals surface area contributed by atoms with Crippen LogP contribution >= 0.6 is 0 Å². The normalized spacial score (nSPS) is 10.7. The highest BCUT2D eigenvalue weighted by molar-refractivity contribution is 5.91. The number of hydrogen-bond acceptors (Lipinski definition) is 5. The van der Waals surface area contributed by atoms with Crippen molar-refractivity contribution in [1.82, 2.24) is 0 Å². The smallest absolute Gasteiger partial charge is 0.338 e. The maximum Gasteiger partial charge on any atom is 0.338 e. The van der Waals surface area contributed by atoms with E-state index in [4.69, 9.17) is 4.74 Å². The summed E-state index contributed by atoms with van der Waals surface area (Å²) < 4.78 is 5.09. The number of hydrogen-bond donors (Lipinski definition) is 3. The molecule has 0 saturated carbocycles. The minimum Gasteiger partial charge on any atom is -0.504 e. The zero-order valence-corrected chi connectivity index (χ0v) is 13.9. The van der Waals surface area contributed by atoms with Crippen LogP contribution in [0.4, 0.5) is 0 Å². The Bertz CT molecular complexity index is 461. The van der Waals surface area contributed by atoms with Gasteiger partial charge in [-0.2, -0.15) is 0 Å². The highest BCUT2D eigenvalue weighted by Gasteiger charge is 2.14. The minimum atomic E-state index is -0.638. The van der Waals surface area contributed by atoms with Crippen molar-refractivity contribution in [3.63, 3.8) is 0 Å². The molecule has 5 heteroatoms. The SMILES string of the molecule is CCCCCCCCCCCOC(=O)c1cc(O)c(O)c(O)c1. The van der Waals surface area contributed by atoms with Gasteiger partial charge in [-0.1, -0.05) is 58.3 Å². The molecule has 0 heterocycles. The van der Waals surface area contributed by atoms with E-state index in [0.717, 1.165) is 31.4 Å². The molecule has 0 saturated heterocycles. The quantitative estimate of drug-likeness (QED) is 0.317. The van der Waals surface area contributed by atoms with Gasteiger partial charge in [-0.3, -0.25) is 0 Å². The average Bonchev–Trinajstić information content (AvgIpc) is 2.53. The third kappa shape index (κ3) is 7.26. The second-order valence-corrected chi connectivity index (χ2v) is 5.83. The zero-order chi connectivity index (χ0) is 17.1. The van der Waals surface area contributed by atoms with E-state index in [9.17, 15) is 20.1 Å². The molecule has 0 radical (unpaired) electrons. The van der Waals surface area contributed by atoms with Gasteiger partial charge in [0, 0.05) is 0 Å². The Labute approximate surface area is 137 Å². The summed E-state index contributed by atoms with van der Waals surface area (Å²) in [6.45, 7) is 2.53. The van der Waals surface area contributed by atoms with Crippen LogP contribution in [0.15, 0.2) is 12.1 Å². The van der Waals surface area contributed by atoms with Crippen molar-refractivity contribution < 1.29 is 24.9 Å². The largest absolute Gasteiger partial charge is 0.504 e. The molecule has 0 unspecified atom stereocenters. The van der Waals surface area contributed by atoms with Crippen LogP contribution in [0.3, 0.4) is 0 Å². The summed E-state index contributed by atoms with van der Waals surface area (Å²) in [5, 5.41) is 27.9. The van der Waals surface area contributed by atoms with Gasteiger partial charge in [0.15, 0.2) is 17.2 Å². The maximum atomic E-state index is 11.8. The Morgan fingerprint density at radius 3 is 1.87 bits per heavy atom. The average molecular weight is 324 g/mol. The lowest BCUT2D eigenvalue weighted by Gasteiger charge is -2.07. The minimum absolute atomic E-state index is 0.0220. The van der Waals surface area contributed by atoms with Gasteiger partial charge in [-0.15, -0.1) is 0 Å². The van der Waals surface area contributed by atoms with Gasteiger partial charge in [-0.25, -0.2) is 4.79 Å². The number of rotatable bonds is 11. The van der Waals surface area contributed by atoms with Crippen molar-refractivity contribution in [3.8, 4) is 17.2 Å². The van der Waals surface area contributed by atoms with E-state index in [1.54, 1.807) is 0 Å². The van der Waals surface area contributed by atoms with Crippen LogP contribution in [0.5, 0.6) is 17.2 Å². The third-order valence-electron chi connectivity index (χ3n) is 3.79. The first-order valence-corrected chi connectivity index (χ1v) is 8.48. The van der Waals surface area contributed by atoms with Crippen LogP contribution < -0.4 is 0 Å². The Balaban J connectivity index is 2.13. The second kappa shape index (κ2) is 10.8. The summed E-state index contributed by atoms with van der Waals surface area (Å²) in [5.41, 5.74) is 0.0220. The Kier molecular flexibility index (Phi) is 8.95. The molecule has 0 bridgehead atoms. The van der Waals surface area contributed by atoms with Crippen molar-refractivity contribution in [3.05, 3.63) is 17.7 Å². The van der Waals surface area contributed by atoms with Crippen molar-refractivity contribution in [2.45, 2.75) is 64.7 Å². The Morgan fingerprint density at radius 2 is 1.35 bits per heavy atom. The van der Waals surface area contributed by atoms with Crippen LogP contribution in [0.2, 0.25) is 0 Å². The molecule has 0 aromatic heterocycles. The predicted molar refractivity (Wildman–Crippen MR) is 88.9 cm³/mol. The number of esters is 1. The molecule has 130 valence electrons.